The fraction of sp³-hybridized carbons (Fsp3) is 0.625. The van der Waals surface area contributed by atoms with Crippen LogP contribution in [0.4, 0.5) is 5.69 Å². The molecule has 0 spiro atoms. The van der Waals surface area contributed by atoms with Gasteiger partial charge in [-0.15, -0.1) is 0 Å². The summed E-state index contributed by atoms with van der Waals surface area (Å²) >= 11 is 0. The topological polar surface area (TPSA) is 56.5 Å². The average Bonchev–Trinajstić information content (AvgIpc) is 2.39. The molecule has 0 amide bonds. The van der Waals surface area contributed by atoms with Gasteiger partial charge >= 0.3 is 0 Å². The molecule has 114 valence electrons. The first-order valence-corrected chi connectivity index (χ1v) is 7.45. The van der Waals surface area contributed by atoms with Gasteiger partial charge in [-0.1, -0.05) is 13.8 Å². The van der Waals surface area contributed by atoms with Crippen molar-refractivity contribution >= 4 is 5.69 Å². The van der Waals surface area contributed by atoms with Gasteiger partial charge < -0.3 is 20.5 Å². The summed E-state index contributed by atoms with van der Waals surface area (Å²) in [7, 11) is 0. The van der Waals surface area contributed by atoms with Crippen molar-refractivity contribution in [2.45, 2.75) is 40.2 Å². The first-order valence-electron chi connectivity index (χ1n) is 7.45. The molecule has 0 saturated heterocycles. The highest BCUT2D eigenvalue weighted by Crippen LogP contribution is 2.30. The summed E-state index contributed by atoms with van der Waals surface area (Å²) in [6.07, 6.45) is 1.02. The summed E-state index contributed by atoms with van der Waals surface area (Å²) in [5.74, 6) is 2.18. The number of ether oxygens (including phenoxy) is 2. The number of hydrogen-bond acceptors (Lipinski definition) is 4. The van der Waals surface area contributed by atoms with Crippen LogP contribution in [0.2, 0.25) is 0 Å². The summed E-state index contributed by atoms with van der Waals surface area (Å²) < 4.78 is 11.2. The smallest absolute Gasteiger partial charge is 0.163 e. The largest absolute Gasteiger partial charge is 0.490 e. The maximum Gasteiger partial charge on any atom is 0.163 e. The molecule has 0 heterocycles. The predicted octanol–water partition coefficient (Wildman–Crippen LogP) is 3.27. The summed E-state index contributed by atoms with van der Waals surface area (Å²) in [6.45, 7) is 10.3. The number of nitrogens with two attached hydrogens (primary N) is 1. The average molecular weight is 280 g/mol. The fourth-order valence-electron chi connectivity index (χ4n) is 2.10. The van der Waals surface area contributed by atoms with E-state index in [-0.39, 0.29) is 6.04 Å². The van der Waals surface area contributed by atoms with Crippen LogP contribution in [0.25, 0.3) is 0 Å². The number of hydrogen-bond donors (Lipinski definition) is 2. The molecule has 0 fully saturated rings. The van der Waals surface area contributed by atoms with Crippen LogP contribution in [0.1, 0.15) is 34.1 Å². The van der Waals surface area contributed by atoms with Crippen molar-refractivity contribution in [3.05, 3.63) is 18.2 Å². The van der Waals surface area contributed by atoms with Crippen LogP contribution in [-0.4, -0.2) is 25.8 Å². The van der Waals surface area contributed by atoms with E-state index in [0.717, 1.165) is 30.2 Å². The molecule has 1 unspecified atom stereocenters. The molecule has 0 aliphatic carbocycles. The van der Waals surface area contributed by atoms with E-state index in [1.165, 1.54) is 0 Å². The van der Waals surface area contributed by atoms with Gasteiger partial charge in [-0.25, -0.2) is 0 Å². The van der Waals surface area contributed by atoms with E-state index in [4.69, 9.17) is 15.2 Å². The van der Waals surface area contributed by atoms with Gasteiger partial charge in [0.05, 0.1) is 13.2 Å². The molecule has 1 atom stereocenters. The molecule has 4 nitrogen and oxygen atoms in total. The van der Waals surface area contributed by atoms with Crippen molar-refractivity contribution in [1.29, 1.82) is 0 Å². The fourth-order valence-corrected chi connectivity index (χ4v) is 2.10. The lowest BCUT2D eigenvalue weighted by Gasteiger charge is -2.17. The normalized spacial score (nSPS) is 12.3. The first kappa shape index (κ1) is 16.6. The van der Waals surface area contributed by atoms with E-state index in [2.05, 4.69) is 19.2 Å². The van der Waals surface area contributed by atoms with E-state index in [1.54, 1.807) is 0 Å². The zero-order valence-corrected chi connectivity index (χ0v) is 13.1. The third-order valence-electron chi connectivity index (χ3n) is 2.89. The van der Waals surface area contributed by atoms with Crippen LogP contribution in [0, 0.1) is 5.92 Å². The molecule has 1 rings (SSSR count). The molecule has 3 N–H and O–H groups in total. The first-order chi connectivity index (χ1) is 9.56. The minimum atomic E-state index is 0.164. The maximum absolute atomic E-state index is 6.08. The summed E-state index contributed by atoms with van der Waals surface area (Å²) in [6, 6.07) is 6.06. The summed E-state index contributed by atoms with van der Waals surface area (Å²) in [5.41, 5.74) is 7.09. The van der Waals surface area contributed by atoms with E-state index >= 15 is 0 Å². The summed E-state index contributed by atoms with van der Waals surface area (Å²) in [4.78, 5) is 0. The van der Waals surface area contributed by atoms with Gasteiger partial charge in [-0.3, -0.25) is 0 Å². The quantitative estimate of drug-likeness (QED) is 0.729. The lowest BCUT2D eigenvalue weighted by Crippen LogP contribution is -2.30. The number of nitrogens with one attached hydrogen (secondary N) is 1. The number of anilines is 1. The minimum absolute atomic E-state index is 0.164. The van der Waals surface area contributed by atoms with Crippen molar-refractivity contribution in [2.24, 2.45) is 11.7 Å². The Balaban J connectivity index is 2.64. The molecule has 0 aliphatic heterocycles. The van der Waals surface area contributed by atoms with Gasteiger partial charge in [0.15, 0.2) is 11.5 Å². The molecule has 0 aliphatic rings. The minimum Gasteiger partial charge on any atom is -0.490 e. The molecular weight excluding hydrogens is 252 g/mol. The van der Waals surface area contributed by atoms with Crippen molar-refractivity contribution in [3.8, 4) is 11.5 Å². The molecule has 1 aromatic rings. The number of benzene rings is 1. The Bertz CT molecular complexity index is 394. The van der Waals surface area contributed by atoms with Crippen molar-refractivity contribution in [2.75, 3.05) is 25.1 Å². The lowest BCUT2D eigenvalue weighted by atomic mass is 10.0. The van der Waals surface area contributed by atoms with Gasteiger partial charge in [0.25, 0.3) is 0 Å². The zero-order valence-electron chi connectivity index (χ0n) is 13.1. The lowest BCUT2D eigenvalue weighted by molar-refractivity contribution is 0.288. The maximum atomic E-state index is 6.08. The van der Waals surface area contributed by atoms with Crippen molar-refractivity contribution < 1.29 is 9.47 Å². The molecule has 0 radical (unpaired) electrons. The van der Waals surface area contributed by atoms with E-state index in [1.807, 2.05) is 32.0 Å². The van der Waals surface area contributed by atoms with Crippen LogP contribution in [-0.2, 0) is 0 Å². The van der Waals surface area contributed by atoms with Crippen molar-refractivity contribution in [1.82, 2.24) is 0 Å². The second-order valence-corrected chi connectivity index (χ2v) is 5.30. The Morgan fingerprint density at radius 1 is 1.10 bits per heavy atom. The van der Waals surface area contributed by atoms with Gasteiger partial charge in [0.1, 0.15) is 0 Å². The Morgan fingerprint density at radius 2 is 1.75 bits per heavy atom. The van der Waals surface area contributed by atoms with Crippen LogP contribution in [0.15, 0.2) is 18.2 Å². The highest BCUT2D eigenvalue weighted by Gasteiger charge is 2.08. The van der Waals surface area contributed by atoms with Gasteiger partial charge in [-0.2, -0.15) is 0 Å². The molecule has 20 heavy (non-hydrogen) atoms. The van der Waals surface area contributed by atoms with Gasteiger partial charge in [0, 0.05) is 24.3 Å². The van der Waals surface area contributed by atoms with E-state index in [9.17, 15) is 0 Å². The SMILES string of the molecule is CCOc1ccc(NCC(N)CC(C)C)cc1OCC. The van der Waals surface area contributed by atoms with Crippen LogP contribution >= 0.6 is 0 Å². The molecule has 0 bridgehead atoms. The van der Waals surface area contributed by atoms with Gasteiger partial charge in [0.2, 0.25) is 0 Å². The highest BCUT2D eigenvalue weighted by molar-refractivity contribution is 5.54. The van der Waals surface area contributed by atoms with E-state index < -0.39 is 0 Å². The Morgan fingerprint density at radius 3 is 2.35 bits per heavy atom. The zero-order chi connectivity index (χ0) is 15.0. The second kappa shape index (κ2) is 8.69. The monoisotopic (exact) mass is 280 g/mol. The van der Waals surface area contributed by atoms with Crippen molar-refractivity contribution in [3.63, 3.8) is 0 Å². The molecule has 0 aromatic heterocycles. The molecule has 4 heteroatoms. The van der Waals surface area contributed by atoms with Gasteiger partial charge in [-0.05, 0) is 38.3 Å². The van der Waals surface area contributed by atoms with Crippen LogP contribution in [0.3, 0.4) is 0 Å². The van der Waals surface area contributed by atoms with Crippen LogP contribution < -0.4 is 20.5 Å². The van der Waals surface area contributed by atoms with E-state index in [0.29, 0.717) is 19.1 Å². The standard InChI is InChI=1S/C16H28N2O2/c1-5-19-15-8-7-14(10-16(15)20-6-2)18-11-13(17)9-12(3)4/h7-8,10,12-13,18H,5-6,9,11,17H2,1-4H3. The second-order valence-electron chi connectivity index (χ2n) is 5.30. The highest BCUT2D eigenvalue weighted by atomic mass is 16.5. The summed E-state index contributed by atoms with van der Waals surface area (Å²) in [5, 5.41) is 3.36. The van der Waals surface area contributed by atoms with Crippen LogP contribution in [0.5, 0.6) is 11.5 Å². The Labute approximate surface area is 122 Å². The Hall–Kier alpha value is -1.42. The third kappa shape index (κ3) is 5.70. The predicted molar refractivity (Wildman–Crippen MR) is 84.7 cm³/mol. The molecule has 1 aromatic carbocycles. The molecular formula is C16H28N2O2. The molecule has 0 saturated carbocycles. The third-order valence-corrected chi connectivity index (χ3v) is 2.89. The number of rotatable bonds is 9. The Kier molecular flexibility index (Phi) is 7.23.